The van der Waals surface area contributed by atoms with E-state index >= 15 is 0 Å². The van der Waals surface area contributed by atoms with Crippen molar-refractivity contribution in [1.29, 1.82) is 0 Å². The van der Waals surface area contributed by atoms with Gasteiger partial charge in [0.05, 0.1) is 18.6 Å². The van der Waals surface area contributed by atoms with Crippen LogP contribution in [-0.4, -0.2) is 31.3 Å². The third-order valence-corrected chi connectivity index (χ3v) is 3.27. The smallest absolute Gasteiger partial charge is 0.253 e. The van der Waals surface area contributed by atoms with Gasteiger partial charge in [-0.05, 0) is 23.7 Å². The molecule has 0 spiro atoms. The van der Waals surface area contributed by atoms with Gasteiger partial charge in [0.25, 0.3) is 5.24 Å². The molecule has 0 saturated carbocycles. The molecule has 5 nitrogen and oxygen atoms in total. The maximum absolute atomic E-state index is 11.5. The molecule has 2 heterocycles. The summed E-state index contributed by atoms with van der Waals surface area (Å²) >= 11 is 5.59. The molecule has 0 amide bonds. The summed E-state index contributed by atoms with van der Waals surface area (Å²) in [6.45, 7) is 0.921. The zero-order valence-corrected chi connectivity index (χ0v) is 10.4. The number of oxime groups is 1. The monoisotopic (exact) mass is 267 g/mol. The van der Waals surface area contributed by atoms with Crippen LogP contribution < -0.4 is 9.47 Å². The summed E-state index contributed by atoms with van der Waals surface area (Å²) in [7, 11) is 1.54. The lowest BCUT2D eigenvalue weighted by molar-refractivity contribution is 0.107. The number of benzene rings is 1. The molecule has 6 heteroatoms. The van der Waals surface area contributed by atoms with Crippen LogP contribution in [0.2, 0.25) is 0 Å². The van der Waals surface area contributed by atoms with E-state index in [1.807, 2.05) is 0 Å². The molecule has 1 aromatic rings. The molecule has 2 aliphatic rings. The molecule has 1 aromatic carbocycles. The summed E-state index contributed by atoms with van der Waals surface area (Å²) in [6.07, 6.45) is 0. The Morgan fingerprint density at radius 1 is 1.50 bits per heavy atom. The zero-order valence-electron chi connectivity index (χ0n) is 9.60. The maximum Gasteiger partial charge on any atom is 0.253 e. The fraction of sp³-hybridized carbons (Fsp3) is 0.333. The van der Waals surface area contributed by atoms with Crippen molar-refractivity contribution < 1.29 is 19.1 Å². The molecular formula is C12H10ClNO4. The fourth-order valence-electron chi connectivity index (χ4n) is 2.20. The lowest BCUT2D eigenvalue weighted by atomic mass is 9.91. The SMILES string of the molecule is COc1ccc(C(=O)Cl)c2c1OCC1CON=C21. The average molecular weight is 268 g/mol. The van der Waals surface area contributed by atoms with Gasteiger partial charge in [0.2, 0.25) is 0 Å². The minimum atomic E-state index is -0.548. The van der Waals surface area contributed by atoms with E-state index in [1.165, 1.54) is 0 Å². The Bertz CT molecular complexity index is 555. The Morgan fingerprint density at radius 2 is 2.33 bits per heavy atom. The highest BCUT2D eigenvalue weighted by molar-refractivity contribution is 6.68. The molecule has 18 heavy (non-hydrogen) atoms. The summed E-state index contributed by atoms with van der Waals surface area (Å²) in [5.41, 5.74) is 1.66. The molecule has 94 valence electrons. The van der Waals surface area contributed by atoms with Gasteiger partial charge in [0.15, 0.2) is 11.5 Å². The van der Waals surface area contributed by atoms with E-state index in [0.29, 0.717) is 41.6 Å². The van der Waals surface area contributed by atoms with Crippen molar-refractivity contribution in [2.75, 3.05) is 20.3 Å². The van der Waals surface area contributed by atoms with Crippen LogP contribution in [0, 0.1) is 5.92 Å². The van der Waals surface area contributed by atoms with Crippen molar-refractivity contribution in [3.8, 4) is 11.5 Å². The zero-order chi connectivity index (χ0) is 12.7. The molecule has 1 unspecified atom stereocenters. The van der Waals surface area contributed by atoms with Crippen LogP contribution in [-0.2, 0) is 4.84 Å². The van der Waals surface area contributed by atoms with Crippen LogP contribution >= 0.6 is 11.6 Å². The van der Waals surface area contributed by atoms with Gasteiger partial charge in [0, 0.05) is 5.56 Å². The summed E-state index contributed by atoms with van der Waals surface area (Å²) in [5.74, 6) is 1.10. The van der Waals surface area contributed by atoms with Gasteiger partial charge in [-0.1, -0.05) is 5.16 Å². The fourth-order valence-corrected chi connectivity index (χ4v) is 2.35. The van der Waals surface area contributed by atoms with E-state index in [4.69, 9.17) is 25.9 Å². The van der Waals surface area contributed by atoms with Gasteiger partial charge in [-0.25, -0.2) is 0 Å². The van der Waals surface area contributed by atoms with Crippen molar-refractivity contribution >= 4 is 22.6 Å². The standard InChI is InChI=1S/C12H10ClNO4/c1-16-8-3-2-7(12(13)15)9-10-6(5-18-14-10)4-17-11(8)9/h2-3,6H,4-5H2,1H3. The summed E-state index contributed by atoms with van der Waals surface area (Å²) in [4.78, 5) is 16.5. The first kappa shape index (κ1) is 11.3. The number of halogens is 1. The van der Waals surface area contributed by atoms with Crippen LogP contribution in [0.3, 0.4) is 0 Å². The Balaban J connectivity index is 2.25. The van der Waals surface area contributed by atoms with E-state index in [0.717, 1.165) is 0 Å². The van der Waals surface area contributed by atoms with Crippen molar-refractivity contribution in [1.82, 2.24) is 0 Å². The highest BCUT2D eigenvalue weighted by Crippen LogP contribution is 2.40. The number of fused-ring (bicyclic) bond motifs is 3. The second-order valence-electron chi connectivity index (χ2n) is 4.07. The van der Waals surface area contributed by atoms with Gasteiger partial charge in [-0.2, -0.15) is 0 Å². The Morgan fingerprint density at radius 3 is 3.06 bits per heavy atom. The maximum atomic E-state index is 11.5. The van der Waals surface area contributed by atoms with E-state index in [2.05, 4.69) is 5.16 Å². The molecule has 0 N–H and O–H groups in total. The van der Waals surface area contributed by atoms with Gasteiger partial charge >= 0.3 is 0 Å². The van der Waals surface area contributed by atoms with Crippen LogP contribution in [0.15, 0.2) is 17.3 Å². The lowest BCUT2D eigenvalue weighted by Crippen LogP contribution is -2.29. The lowest BCUT2D eigenvalue weighted by Gasteiger charge is -2.24. The van der Waals surface area contributed by atoms with Gasteiger partial charge < -0.3 is 14.3 Å². The number of carbonyl (C=O) groups is 1. The molecule has 0 radical (unpaired) electrons. The second-order valence-corrected chi connectivity index (χ2v) is 4.42. The molecule has 0 bridgehead atoms. The molecule has 0 aromatic heterocycles. The number of hydrogen-bond donors (Lipinski definition) is 0. The van der Waals surface area contributed by atoms with Gasteiger partial charge in [-0.15, -0.1) is 0 Å². The van der Waals surface area contributed by atoms with Crippen molar-refractivity contribution in [2.45, 2.75) is 0 Å². The minimum Gasteiger partial charge on any atom is -0.493 e. The predicted octanol–water partition coefficient (Wildman–Crippen LogP) is 1.82. The number of rotatable bonds is 2. The molecule has 1 atom stereocenters. The topological polar surface area (TPSA) is 57.1 Å². The average Bonchev–Trinajstić information content (AvgIpc) is 2.85. The Hall–Kier alpha value is -1.75. The van der Waals surface area contributed by atoms with E-state index in [-0.39, 0.29) is 5.92 Å². The van der Waals surface area contributed by atoms with Crippen LogP contribution in [0.1, 0.15) is 15.9 Å². The van der Waals surface area contributed by atoms with E-state index < -0.39 is 5.24 Å². The van der Waals surface area contributed by atoms with Crippen molar-refractivity contribution in [3.63, 3.8) is 0 Å². The van der Waals surface area contributed by atoms with Gasteiger partial charge in [0.1, 0.15) is 18.9 Å². The highest BCUT2D eigenvalue weighted by Gasteiger charge is 2.36. The molecule has 2 aliphatic heterocycles. The molecule has 3 rings (SSSR count). The largest absolute Gasteiger partial charge is 0.493 e. The number of methoxy groups -OCH3 is 1. The van der Waals surface area contributed by atoms with Crippen LogP contribution in [0.5, 0.6) is 11.5 Å². The highest BCUT2D eigenvalue weighted by atomic mass is 35.5. The van der Waals surface area contributed by atoms with Crippen molar-refractivity contribution in [2.24, 2.45) is 11.1 Å². The third kappa shape index (κ3) is 1.54. The molecule has 0 aliphatic carbocycles. The first-order valence-electron chi connectivity index (χ1n) is 5.46. The Labute approximate surface area is 108 Å². The molecular weight excluding hydrogens is 258 g/mol. The minimum absolute atomic E-state index is 0.0411. The van der Waals surface area contributed by atoms with Crippen LogP contribution in [0.4, 0.5) is 0 Å². The van der Waals surface area contributed by atoms with Crippen LogP contribution in [0.25, 0.3) is 0 Å². The number of hydrogen-bond acceptors (Lipinski definition) is 5. The quantitative estimate of drug-likeness (QED) is 0.767. The number of ether oxygens (including phenoxy) is 2. The predicted molar refractivity (Wildman–Crippen MR) is 64.7 cm³/mol. The van der Waals surface area contributed by atoms with E-state index in [1.54, 1.807) is 19.2 Å². The summed E-state index contributed by atoms with van der Waals surface area (Å²) in [5, 5.41) is 3.44. The number of nitrogens with zero attached hydrogens (tertiary/aromatic N) is 1. The van der Waals surface area contributed by atoms with Crippen molar-refractivity contribution in [3.05, 3.63) is 23.3 Å². The summed E-state index contributed by atoms with van der Waals surface area (Å²) < 4.78 is 10.9. The first-order chi connectivity index (χ1) is 8.72. The van der Waals surface area contributed by atoms with Gasteiger partial charge in [-0.3, -0.25) is 4.79 Å². The summed E-state index contributed by atoms with van der Waals surface area (Å²) in [6, 6.07) is 3.27. The molecule has 0 fully saturated rings. The number of carbonyl (C=O) groups excluding carboxylic acids is 1. The Kier molecular flexibility index (Phi) is 2.63. The second kappa shape index (κ2) is 4.17. The normalized spacial score (nSPS) is 20.1. The third-order valence-electron chi connectivity index (χ3n) is 3.06. The van der Waals surface area contributed by atoms with E-state index in [9.17, 15) is 4.79 Å². The first-order valence-corrected chi connectivity index (χ1v) is 5.84. The molecule has 0 saturated heterocycles.